The van der Waals surface area contributed by atoms with E-state index in [2.05, 4.69) is 32.3 Å². The van der Waals surface area contributed by atoms with Gasteiger partial charge in [-0.2, -0.15) is 5.26 Å². The Morgan fingerprint density at radius 3 is 2.65 bits per heavy atom. The highest BCUT2D eigenvalue weighted by Gasteiger charge is 2.24. The van der Waals surface area contributed by atoms with Gasteiger partial charge in [-0.3, -0.25) is 4.79 Å². The molecule has 0 unspecified atom stereocenters. The van der Waals surface area contributed by atoms with Gasteiger partial charge in [0, 0.05) is 10.0 Å². The molecule has 1 amide bonds. The zero-order chi connectivity index (χ0) is 24.1. The first-order chi connectivity index (χ1) is 16.5. The summed E-state index contributed by atoms with van der Waals surface area (Å²) in [6.45, 7) is 2.24. The Hall–Kier alpha value is -3.54. The van der Waals surface area contributed by atoms with Gasteiger partial charge in [0.25, 0.3) is 5.91 Å². The number of benzene rings is 3. The van der Waals surface area contributed by atoms with Crippen molar-refractivity contribution < 1.29 is 14.3 Å². The maximum absolute atomic E-state index is 12.5. The number of thioether (sulfide) groups is 1. The van der Waals surface area contributed by atoms with Gasteiger partial charge in [-0.15, -0.1) is 0 Å². The molecule has 1 aliphatic rings. The minimum absolute atomic E-state index is 0.213. The fourth-order valence-corrected chi connectivity index (χ4v) is 4.47. The standard InChI is InChI=1S/C26H20BrN3O3S/c1-16-7-9-20(10-8-16)29-26-30-25(31)24(34-26)12-19-11-22(32-2)23(13-21(19)27)33-15-18-6-4-3-5-17(18)14-28/h3-13H,15H2,1-2H3,(H,29,30,31)/b24-12+. The van der Waals surface area contributed by atoms with E-state index in [0.717, 1.165) is 26.9 Å². The second-order valence-electron chi connectivity index (χ2n) is 7.40. The number of nitrogens with one attached hydrogen (secondary N) is 1. The van der Waals surface area contributed by atoms with E-state index in [0.29, 0.717) is 27.1 Å². The fraction of sp³-hybridized carbons (Fsp3) is 0.115. The summed E-state index contributed by atoms with van der Waals surface area (Å²) in [5.41, 5.74) is 4.03. The van der Waals surface area contributed by atoms with Gasteiger partial charge in [0.2, 0.25) is 0 Å². The number of methoxy groups -OCH3 is 1. The van der Waals surface area contributed by atoms with Crippen molar-refractivity contribution in [3.05, 3.63) is 92.3 Å². The van der Waals surface area contributed by atoms with Gasteiger partial charge in [-0.1, -0.05) is 51.8 Å². The van der Waals surface area contributed by atoms with Gasteiger partial charge in [-0.25, -0.2) is 4.99 Å². The van der Waals surface area contributed by atoms with Crippen molar-refractivity contribution >= 4 is 50.5 Å². The van der Waals surface area contributed by atoms with E-state index in [1.807, 2.05) is 49.4 Å². The third-order valence-electron chi connectivity index (χ3n) is 5.01. The van der Waals surface area contributed by atoms with Crippen molar-refractivity contribution in [3.8, 4) is 17.6 Å². The quantitative estimate of drug-likeness (QED) is 0.386. The van der Waals surface area contributed by atoms with E-state index in [1.165, 1.54) is 11.8 Å². The number of aliphatic imine (C=N–C) groups is 1. The largest absolute Gasteiger partial charge is 0.493 e. The molecule has 34 heavy (non-hydrogen) atoms. The number of aryl methyl sites for hydroxylation is 1. The third-order valence-corrected chi connectivity index (χ3v) is 6.60. The van der Waals surface area contributed by atoms with Crippen molar-refractivity contribution in [1.29, 1.82) is 5.26 Å². The Morgan fingerprint density at radius 2 is 1.91 bits per heavy atom. The molecule has 0 bridgehead atoms. The number of hydrogen-bond donors (Lipinski definition) is 1. The molecule has 0 radical (unpaired) electrons. The molecule has 0 saturated carbocycles. The summed E-state index contributed by atoms with van der Waals surface area (Å²) in [5.74, 6) is 0.825. The number of hydrogen-bond acceptors (Lipinski definition) is 6. The average molecular weight is 534 g/mol. The molecule has 1 N–H and O–H groups in total. The Kier molecular flexibility index (Phi) is 7.36. The first-order valence-corrected chi connectivity index (χ1v) is 11.9. The molecule has 3 aromatic carbocycles. The summed E-state index contributed by atoms with van der Waals surface area (Å²) in [4.78, 5) is 17.5. The predicted octanol–water partition coefficient (Wildman–Crippen LogP) is 6.11. The molecule has 6 nitrogen and oxygen atoms in total. The lowest BCUT2D eigenvalue weighted by atomic mass is 10.1. The number of nitriles is 1. The van der Waals surface area contributed by atoms with Crippen LogP contribution in [0.1, 0.15) is 22.3 Å². The SMILES string of the molecule is COc1cc(/C=C2/SC(=Nc3ccc(C)cc3)NC2=O)c(Br)cc1OCc1ccccc1C#N. The van der Waals surface area contributed by atoms with Gasteiger partial charge in [0.1, 0.15) is 6.61 Å². The number of carbonyl (C=O) groups excluding carboxylic acids is 1. The van der Waals surface area contributed by atoms with Gasteiger partial charge < -0.3 is 14.8 Å². The highest BCUT2D eigenvalue weighted by molar-refractivity contribution is 9.10. The Labute approximate surface area is 210 Å². The first kappa shape index (κ1) is 23.6. The number of rotatable bonds is 6. The van der Waals surface area contributed by atoms with Crippen LogP contribution in [-0.4, -0.2) is 18.2 Å². The molecular weight excluding hydrogens is 514 g/mol. The van der Waals surface area contributed by atoms with Gasteiger partial charge in [0.05, 0.1) is 29.3 Å². The lowest BCUT2D eigenvalue weighted by Gasteiger charge is -2.13. The molecule has 1 saturated heterocycles. The van der Waals surface area contributed by atoms with E-state index in [9.17, 15) is 10.1 Å². The van der Waals surface area contributed by atoms with Crippen LogP contribution in [-0.2, 0) is 11.4 Å². The van der Waals surface area contributed by atoms with E-state index in [4.69, 9.17) is 9.47 Å². The zero-order valence-electron chi connectivity index (χ0n) is 18.5. The van der Waals surface area contributed by atoms with E-state index >= 15 is 0 Å². The second kappa shape index (κ2) is 10.6. The Balaban J connectivity index is 1.55. The van der Waals surface area contributed by atoms with Crippen LogP contribution < -0.4 is 14.8 Å². The average Bonchev–Trinajstić information content (AvgIpc) is 3.19. The van der Waals surface area contributed by atoms with Crippen LogP contribution >= 0.6 is 27.7 Å². The normalized spacial score (nSPS) is 15.3. The molecule has 0 aromatic heterocycles. The third kappa shape index (κ3) is 5.50. The first-order valence-electron chi connectivity index (χ1n) is 10.3. The minimum atomic E-state index is -0.213. The molecule has 1 fully saturated rings. The number of ether oxygens (including phenoxy) is 2. The number of amides is 1. The van der Waals surface area contributed by atoms with Crippen LogP contribution in [0.2, 0.25) is 0 Å². The van der Waals surface area contributed by atoms with E-state index in [1.54, 1.807) is 31.4 Å². The number of nitrogens with zero attached hydrogens (tertiary/aromatic N) is 2. The van der Waals surface area contributed by atoms with Gasteiger partial charge >= 0.3 is 0 Å². The van der Waals surface area contributed by atoms with Crippen molar-refractivity contribution in [3.63, 3.8) is 0 Å². The summed E-state index contributed by atoms with van der Waals surface area (Å²) in [6, 6.07) is 20.8. The monoisotopic (exact) mass is 533 g/mol. The van der Waals surface area contributed by atoms with Gasteiger partial charge in [0.15, 0.2) is 16.7 Å². The predicted molar refractivity (Wildman–Crippen MR) is 138 cm³/mol. The summed E-state index contributed by atoms with van der Waals surface area (Å²) in [5, 5.41) is 12.6. The molecular formula is C26H20BrN3O3S. The van der Waals surface area contributed by atoms with Crippen LogP contribution in [0.15, 0.2) is 75.0 Å². The summed E-state index contributed by atoms with van der Waals surface area (Å²) >= 11 is 4.84. The topological polar surface area (TPSA) is 83.7 Å². The number of carbonyl (C=O) groups is 1. The van der Waals surface area contributed by atoms with Crippen molar-refractivity contribution in [2.45, 2.75) is 13.5 Å². The van der Waals surface area contributed by atoms with E-state index < -0.39 is 0 Å². The van der Waals surface area contributed by atoms with Crippen molar-refractivity contribution in [2.75, 3.05) is 7.11 Å². The lowest BCUT2D eigenvalue weighted by Crippen LogP contribution is -2.19. The second-order valence-corrected chi connectivity index (χ2v) is 9.28. The highest BCUT2D eigenvalue weighted by Crippen LogP contribution is 2.37. The maximum Gasteiger partial charge on any atom is 0.264 e. The van der Waals surface area contributed by atoms with Crippen LogP contribution in [0.3, 0.4) is 0 Å². The molecule has 4 rings (SSSR count). The minimum Gasteiger partial charge on any atom is -0.493 e. The molecule has 0 spiro atoms. The van der Waals surface area contributed by atoms with Gasteiger partial charge in [-0.05, 0) is 60.7 Å². The fourth-order valence-electron chi connectivity index (χ4n) is 3.20. The van der Waals surface area contributed by atoms with Crippen LogP contribution in [0.4, 0.5) is 5.69 Å². The van der Waals surface area contributed by atoms with E-state index in [-0.39, 0.29) is 12.5 Å². The summed E-state index contributed by atoms with van der Waals surface area (Å²) in [7, 11) is 1.56. The smallest absolute Gasteiger partial charge is 0.264 e. The van der Waals surface area contributed by atoms with Crippen LogP contribution in [0.25, 0.3) is 6.08 Å². The zero-order valence-corrected chi connectivity index (χ0v) is 20.9. The number of amidine groups is 1. The maximum atomic E-state index is 12.5. The molecule has 1 aliphatic heterocycles. The van der Waals surface area contributed by atoms with Crippen molar-refractivity contribution in [1.82, 2.24) is 5.32 Å². The molecule has 1 heterocycles. The molecule has 0 aliphatic carbocycles. The lowest BCUT2D eigenvalue weighted by molar-refractivity contribution is -0.115. The van der Waals surface area contributed by atoms with Crippen molar-refractivity contribution in [2.24, 2.45) is 4.99 Å². The number of halogens is 1. The van der Waals surface area contributed by atoms with Crippen LogP contribution in [0, 0.1) is 18.3 Å². The summed E-state index contributed by atoms with van der Waals surface area (Å²) < 4.78 is 12.2. The molecule has 0 atom stereocenters. The van der Waals surface area contributed by atoms with Crippen LogP contribution in [0.5, 0.6) is 11.5 Å². The summed E-state index contributed by atoms with van der Waals surface area (Å²) in [6.07, 6.45) is 1.78. The Morgan fingerprint density at radius 1 is 1.15 bits per heavy atom. The molecule has 170 valence electrons. The Bertz CT molecular complexity index is 1340. The highest BCUT2D eigenvalue weighted by atomic mass is 79.9. The molecule has 8 heteroatoms. The molecule has 3 aromatic rings.